The van der Waals surface area contributed by atoms with Crippen molar-refractivity contribution in [3.63, 3.8) is 0 Å². The van der Waals surface area contributed by atoms with Crippen molar-refractivity contribution in [3.8, 4) is 11.5 Å². The molecule has 304 valence electrons. The molecule has 0 saturated heterocycles. The summed E-state index contributed by atoms with van der Waals surface area (Å²) in [6, 6.07) is 9.53. The molecule has 0 amide bonds. The standard InChI is InChI=1S/C40H66O11S2.2Na/c1-3-5-7-9-11-13-15-17-19-35-21-23-37(39(33-35)52(41,42)43)50-31-29-48-27-25-47-26-28-49-30-32-51-38-24-22-36(34-40(38)53(44,45)46)20-18-16-14-12-10-8-6-4-2;;/h21-24,33-34H,3-20,25-32H2,1-2H3,(H,41,42,43)(H,44,45,46);;/q;2*+1/p-2. The van der Waals surface area contributed by atoms with Gasteiger partial charge >= 0.3 is 59.1 Å². The molecule has 0 unspecified atom stereocenters. The number of ether oxygens (including phenoxy) is 5. The number of hydrogen-bond donors (Lipinski definition) is 0. The van der Waals surface area contributed by atoms with E-state index >= 15 is 0 Å². The summed E-state index contributed by atoms with van der Waals surface area (Å²) in [6.07, 6.45) is 20.3. The van der Waals surface area contributed by atoms with E-state index in [9.17, 15) is 25.9 Å². The van der Waals surface area contributed by atoms with Crippen LogP contribution in [0.5, 0.6) is 11.5 Å². The van der Waals surface area contributed by atoms with Gasteiger partial charge < -0.3 is 32.8 Å². The number of aryl methyl sites for hydroxylation is 2. The molecule has 0 aliphatic rings. The average Bonchev–Trinajstić information content (AvgIpc) is 3.12. The number of benzene rings is 2. The Balaban J connectivity index is 0.0000146. The third-order valence-corrected chi connectivity index (χ3v) is 10.6. The van der Waals surface area contributed by atoms with E-state index in [4.69, 9.17) is 23.7 Å². The molecule has 2 aromatic carbocycles. The van der Waals surface area contributed by atoms with Crippen molar-refractivity contribution in [3.05, 3.63) is 47.5 Å². The van der Waals surface area contributed by atoms with E-state index in [-0.39, 0.29) is 120 Å². The quantitative estimate of drug-likeness (QED) is 0.0579. The molecule has 2 rings (SSSR count). The van der Waals surface area contributed by atoms with Crippen LogP contribution in [-0.2, 0) is 47.3 Å². The van der Waals surface area contributed by atoms with Crippen molar-refractivity contribution in [1.82, 2.24) is 0 Å². The maximum Gasteiger partial charge on any atom is 1.00 e. The minimum absolute atomic E-state index is 0. The number of unbranched alkanes of at least 4 members (excludes halogenated alkanes) is 14. The molecule has 0 radical (unpaired) electrons. The molecule has 0 aromatic heterocycles. The summed E-state index contributed by atoms with van der Waals surface area (Å²) in [5.41, 5.74) is 1.61. The molecule has 55 heavy (non-hydrogen) atoms. The molecular formula is C40H64Na2O11S2. The second-order valence-corrected chi connectivity index (χ2v) is 16.2. The van der Waals surface area contributed by atoms with Crippen LogP contribution in [0.15, 0.2) is 46.2 Å². The molecule has 0 aliphatic carbocycles. The van der Waals surface area contributed by atoms with E-state index in [0.29, 0.717) is 26.1 Å². The minimum Gasteiger partial charge on any atom is -0.744 e. The van der Waals surface area contributed by atoms with Crippen LogP contribution >= 0.6 is 0 Å². The summed E-state index contributed by atoms with van der Waals surface area (Å²) in [6.45, 7) is 6.04. The van der Waals surface area contributed by atoms with Gasteiger partial charge in [0.1, 0.15) is 44.9 Å². The fourth-order valence-electron chi connectivity index (χ4n) is 5.93. The fraction of sp³-hybridized carbons (Fsp3) is 0.700. The third-order valence-electron chi connectivity index (χ3n) is 8.91. The molecule has 0 atom stereocenters. The molecule has 11 nitrogen and oxygen atoms in total. The van der Waals surface area contributed by atoms with Crippen LogP contribution in [0.4, 0.5) is 0 Å². The van der Waals surface area contributed by atoms with Crippen molar-refractivity contribution in [1.29, 1.82) is 0 Å². The van der Waals surface area contributed by atoms with E-state index in [2.05, 4.69) is 13.8 Å². The van der Waals surface area contributed by atoms with E-state index < -0.39 is 20.2 Å². The number of rotatable bonds is 34. The zero-order valence-electron chi connectivity index (χ0n) is 34.2. The van der Waals surface area contributed by atoms with Gasteiger partial charge in [0.25, 0.3) is 0 Å². The SMILES string of the molecule is CCCCCCCCCCc1ccc(OCCOCCOCCOCCOc2ccc(CCCCCCCCCC)cc2S(=O)(=O)[O-])c(S(=O)(=O)[O-])c1.[Na+].[Na+]. The van der Waals surface area contributed by atoms with Crippen molar-refractivity contribution in [2.75, 3.05) is 52.9 Å². The Morgan fingerprint density at radius 2 is 0.727 bits per heavy atom. The summed E-state index contributed by atoms with van der Waals surface area (Å²) >= 11 is 0. The Morgan fingerprint density at radius 1 is 0.436 bits per heavy atom. The number of hydrogen-bond acceptors (Lipinski definition) is 11. The van der Waals surface area contributed by atoms with Crippen LogP contribution < -0.4 is 68.6 Å². The molecule has 0 N–H and O–H groups in total. The van der Waals surface area contributed by atoms with Gasteiger partial charge in [0.2, 0.25) is 0 Å². The van der Waals surface area contributed by atoms with Gasteiger partial charge in [-0.05, 0) is 61.1 Å². The molecule has 0 bridgehead atoms. The minimum atomic E-state index is -4.69. The molecular weight excluding hydrogens is 767 g/mol. The van der Waals surface area contributed by atoms with Crippen LogP contribution in [0.2, 0.25) is 0 Å². The first-order valence-corrected chi connectivity index (χ1v) is 22.5. The van der Waals surface area contributed by atoms with Gasteiger partial charge in [0, 0.05) is 0 Å². The van der Waals surface area contributed by atoms with Gasteiger partial charge in [-0.15, -0.1) is 0 Å². The second kappa shape index (κ2) is 33.6. The molecule has 0 heterocycles. The monoisotopic (exact) mass is 830 g/mol. The van der Waals surface area contributed by atoms with Crippen LogP contribution in [0.25, 0.3) is 0 Å². The van der Waals surface area contributed by atoms with Gasteiger partial charge in [-0.1, -0.05) is 116 Å². The maximum atomic E-state index is 11.9. The Kier molecular flexibility index (Phi) is 33.4. The normalized spacial score (nSPS) is 11.6. The van der Waals surface area contributed by atoms with Gasteiger partial charge in [-0.2, -0.15) is 0 Å². The molecule has 2 aromatic rings. The zero-order valence-corrected chi connectivity index (χ0v) is 39.8. The third kappa shape index (κ3) is 26.5. The molecule has 0 fully saturated rings. The predicted octanol–water partition coefficient (Wildman–Crippen LogP) is 2.38. The first kappa shape index (κ1) is 54.7. The van der Waals surface area contributed by atoms with Crippen molar-refractivity contribution in [2.24, 2.45) is 0 Å². The Hall–Kier alpha value is -0.260. The smallest absolute Gasteiger partial charge is 0.744 e. The predicted molar refractivity (Wildman–Crippen MR) is 205 cm³/mol. The summed E-state index contributed by atoms with van der Waals surface area (Å²) in [4.78, 5) is -0.692. The largest absolute Gasteiger partial charge is 1.00 e. The molecule has 0 saturated carbocycles. The van der Waals surface area contributed by atoms with Crippen molar-refractivity contribution in [2.45, 2.75) is 139 Å². The van der Waals surface area contributed by atoms with Crippen LogP contribution in [-0.4, -0.2) is 78.8 Å². The molecule has 0 spiro atoms. The topological polar surface area (TPSA) is 161 Å². The summed E-state index contributed by atoms with van der Waals surface area (Å²) in [5, 5.41) is 0. The first-order chi connectivity index (χ1) is 25.6. The van der Waals surface area contributed by atoms with Crippen molar-refractivity contribution < 1.29 is 109 Å². The van der Waals surface area contributed by atoms with Crippen LogP contribution in [0.1, 0.15) is 128 Å². The van der Waals surface area contributed by atoms with Crippen LogP contribution in [0, 0.1) is 0 Å². The summed E-state index contributed by atoms with van der Waals surface area (Å²) < 4.78 is 98.9. The van der Waals surface area contributed by atoms with E-state index in [1.807, 2.05) is 0 Å². The van der Waals surface area contributed by atoms with Gasteiger partial charge in [0.15, 0.2) is 0 Å². The Morgan fingerprint density at radius 3 is 1.04 bits per heavy atom. The Bertz CT molecular complexity index is 1370. The van der Waals surface area contributed by atoms with E-state index in [1.165, 1.54) is 76.3 Å². The van der Waals surface area contributed by atoms with Gasteiger partial charge in [0.05, 0.1) is 49.4 Å². The van der Waals surface area contributed by atoms with E-state index in [0.717, 1.165) is 49.7 Å². The summed E-state index contributed by atoms with van der Waals surface area (Å²) in [7, 11) is -9.39. The molecule has 15 heteroatoms. The van der Waals surface area contributed by atoms with Crippen molar-refractivity contribution >= 4 is 20.2 Å². The average molecular weight is 831 g/mol. The van der Waals surface area contributed by atoms with Gasteiger partial charge in [-0.25, -0.2) is 16.8 Å². The van der Waals surface area contributed by atoms with Gasteiger partial charge in [-0.3, -0.25) is 0 Å². The Labute approximate surface area is 376 Å². The summed E-state index contributed by atoms with van der Waals surface area (Å²) in [5.74, 6) is 0.0512. The second-order valence-electron chi connectivity index (χ2n) is 13.5. The zero-order chi connectivity index (χ0) is 38.6. The van der Waals surface area contributed by atoms with Crippen LogP contribution in [0.3, 0.4) is 0 Å². The molecule has 0 aliphatic heterocycles. The first-order valence-electron chi connectivity index (χ1n) is 19.7. The van der Waals surface area contributed by atoms with E-state index in [1.54, 1.807) is 24.3 Å². The fourth-order valence-corrected chi connectivity index (χ4v) is 7.27. The maximum absolute atomic E-state index is 11.9.